The smallest absolute Gasteiger partial charge is 0.262 e. The molecule has 0 spiro atoms. The number of rotatable bonds is 4. The topological polar surface area (TPSA) is 66.5 Å². The van der Waals surface area contributed by atoms with Crippen molar-refractivity contribution in [3.63, 3.8) is 0 Å². The fourth-order valence-corrected chi connectivity index (χ4v) is 4.54. The van der Waals surface area contributed by atoms with Crippen LogP contribution in [0.4, 0.5) is 11.4 Å². The quantitative estimate of drug-likeness (QED) is 0.889. The molecule has 1 N–H and O–H groups in total. The van der Waals surface area contributed by atoms with Crippen LogP contribution in [-0.2, 0) is 21.2 Å². The van der Waals surface area contributed by atoms with Crippen LogP contribution >= 0.6 is 0 Å². The van der Waals surface area contributed by atoms with Gasteiger partial charge < -0.3 is 4.90 Å². The highest BCUT2D eigenvalue weighted by molar-refractivity contribution is 7.92. The van der Waals surface area contributed by atoms with Crippen molar-refractivity contribution >= 4 is 27.3 Å². The molecular weight excluding hydrogens is 348 g/mol. The van der Waals surface area contributed by atoms with Crippen LogP contribution in [0.1, 0.15) is 31.4 Å². The minimum Gasteiger partial charge on any atom is -0.312 e. The van der Waals surface area contributed by atoms with Crippen molar-refractivity contribution in [3.8, 4) is 0 Å². The summed E-state index contributed by atoms with van der Waals surface area (Å²) in [5, 5.41) is 0. The summed E-state index contributed by atoms with van der Waals surface area (Å²) in [4.78, 5) is 14.5. The third-order valence-corrected chi connectivity index (χ3v) is 6.14. The zero-order chi connectivity index (χ0) is 18.9. The minimum atomic E-state index is -3.68. The van der Waals surface area contributed by atoms with Crippen LogP contribution in [-0.4, -0.2) is 20.9 Å². The number of amides is 1. The molecule has 0 aliphatic carbocycles. The summed E-state index contributed by atoms with van der Waals surface area (Å²) in [6.45, 7) is 6.19. The summed E-state index contributed by atoms with van der Waals surface area (Å²) in [5.74, 6) is -0.0434. The highest BCUT2D eigenvalue weighted by atomic mass is 32.2. The van der Waals surface area contributed by atoms with Crippen LogP contribution in [0.15, 0.2) is 47.4 Å². The SMILES string of the molecule is Cc1ccccc1S(=O)(=O)Nc1ccc2c(c1)N(C(=O)C(C)C)CCC2. The molecule has 0 atom stereocenters. The summed E-state index contributed by atoms with van der Waals surface area (Å²) >= 11 is 0. The van der Waals surface area contributed by atoms with E-state index in [2.05, 4.69) is 4.72 Å². The van der Waals surface area contributed by atoms with Crippen molar-refractivity contribution in [3.05, 3.63) is 53.6 Å². The normalized spacial score (nSPS) is 14.2. The molecule has 6 heteroatoms. The zero-order valence-electron chi connectivity index (χ0n) is 15.3. The standard InChI is InChI=1S/C20H24N2O3S/c1-14(2)20(23)22-12-6-8-16-10-11-17(13-18(16)22)21-26(24,25)19-9-5-4-7-15(19)3/h4-5,7,9-11,13-14,21H,6,8,12H2,1-3H3. The number of benzene rings is 2. The third-order valence-electron chi connectivity index (χ3n) is 4.60. The van der Waals surface area contributed by atoms with E-state index >= 15 is 0 Å². The Morgan fingerprint density at radius 1 is 1.15 bits per heavy atom. The van der Waals surface area contributed by atoms with Crippen LogP contribution in [0.5, 0.6) is 0 Å². The number of hydrogen-bond acceptors (Lipinski definition) is 3. The molecule has 3 rings (SSSR count). The predicted molar refractivity (Wildman–Crippen MR) is 104 cm³/mol. The van der Waals surface area contributed by atoms with E-state index in [1.165, 1.54) is 0 Å². The number of hydrogen-bond donors (Lipinski definition) is 1. The van der Waals surface area contributed by atoms with Gasteiger partial charge in [-0.1, -0.05) is 38.1 Å². The van der Waals surface area contributed by atoms with E-state index in [0.29, 0.717) is 17.8 Å². The van der Waals surface area contributed by atoms with Crippen molar-refractivity contribution in [2.24, 2.45) is 5.92 Å². The first-order valence-corrected chi connectivity index (χ1v) is 10.3. The molecule has 1 amide bonds. The fraction of sp³-hybridized carbons (Fsp3) is 0.350. The number of nitrogens with zero attached hydrogens (tertiary/aromatic N) is 1. The van der Waals surface area contributed by atoms with Crippen LogP contribution in [0.2, 0.25) is 0 Å². The van der Waals surface area contributed by atoms with Gasteiger partial charge in [0.1, 0.15) is 0 Å². The number of sulfonamides is 1. The lowest BCUT2D eigenvalue weighted by Crippen LogP contribution is -2.38. The van der Waals surface area contributed by atoms with Gasteiger partial charge in [0.2, 0.25) is 5.91 Å². The number of anilines is 2. The number of aryl methyl sites for hydroxylation is 2. The van der Waals surface area contributed by atoms with E-state index in [1.54, 1.807) is 42.2 Å². The third kappa shape index (κ3) is 3.60. The first-order chi connectivity index (χ1) is 12.3. The predicted octanol–water partition coefficient (Wildman–Crippen LogP) is 3.73. The number of carbonyl (C=O) groups is 1. The Labute approximate surface area is 155 Å². The van der Waals surface area contributed by atoms with Crippen molar-refractivity contribution < 1.29 is 13.2 Å². The molecule has 1 aliphatic heterocycles. The van der Waals surface area contributed by atoms with Crippen molar-refractivity contribution in [1.82, 2.24) is 0 Å². The molecule has 2 aromatic carbocycles. The Hall–Kier alpha value is -2.34. The van der Waals surface area contributed by atoms with Gasteiger partial charge in [-0.05, 0) is 49.1 Å². The monoisotopic (exact) mass is 372 g/mol. The summed E-state index contributed by atoms with van der Waals surface area (Å²) in [7, 11) is -3.68. The second kappa shape index (κ2) is 7.11. The van der Waals surface area contributed by atoms with Crippen LogP contribution in [0, 0.1) is 12.8 Å². The van der Waals surface area contributed by atoms with Gasteiger partial charge in [0.05, 0.1) is 10.6 Å². The maximum Gasteiger partial charge on any atom is 0.262 e. The van der Waals surface area contributed by atoms with Gasteiger partial charge in [0.15, 0.2) is 0 Å². The van der Waals surface area contributed by atoms with E-state index in [0.717, 1.165) is 24.1 Å². The Morgan fingerprint density at radius 2 is 1.88 bits per heavy atom. The molecule has 1 aliphatic rings. The number of nitrogens with one attached hydrogen (secondary N) is 1. The molecule has 0 aromatic heterocycles. The van der Waals surface area contributed by atoms with Gasteiger partial charge in [-0.3, -0.25) is 9.52 Å². The van der Waals surface area contributed by atoms with E-state index < -0.39 is 10.0 Å². The van der Waals surface area contributed by atoms with Gasteiger partial charge in [-0.25, -0.2) is 8.42 Å². The zero-order valence-corrected chi connectivity index (χ0v) is 16.1. The molecule has 0 saturated carbocycles. The highest BCUT2D eigenvalue weighted by Crippen LogP contribution is 2.32. The van der Waals surface area contributed by atoms with Crippen molar-refractivity contribution in [1.29, 1.82) is 0 Å². The molecule has 0 unspecified atom stereocenters. The molecule has 1 heterocycles. The van der Waals surface area contributed by atoms with Gasteiger partial charge in [-0.2, -0.15) is 0 Å². The second-order valence-electron chi connectivity index (χ2n) is 6.96. The van der Waals surface area contributed by atoms with Crippen LogP contribution in [0.25, 0.3) is 0 Å². The lowest BCUT2D eigenvalue weighted by Gasteiger charge is -2.31. The molecule has 2 aromatic rings. The summed E-state index contributed by atoms with van der Waals surface area (Å²) in [6.07, 6.45) is 1.81. The van der Waals surface area contributed by atoms with Crippen molar-refractivity contribution in [2.45, 2.75) is 38.5 Å². The first kappa shape index (κ1) is 18.5. The van der Waals surface area contributed by atoms with E-state index in [9.17, 15) is 13.2 Å². The van der Waals surface area contributed by atoms with E-state index in [-0.39, 0.29) is 16.7 Å². The maximum atomic E-state index is 12.7. The first-order valence-electron chi connectivity index (χ1n) is 8.82. The molecule has 0 bridgehead atoms. The average Bonchev–Trinajstić information content (AvgIpc) is 2.60. The maximum absolute atomic E-state index is 12.7. The molecule has 138 valence electrons. The summed E-state index contributed by atoms with van der Waals surface area (Å²) in [6, 6.07) is 12.3. The van der Waals surface area contributed by atoms with Gasteiger partial charge in [0, 0.05) is 18.2 Å². The summed E-state index contributed by atoms with van der Waals surface area (Å²) in [5.41, 5.74) is 3.04. The molecule has 0 fully saturated rings. The molecule has 0 saturated heterocycles. The van der Waals surface area contributed by atoms with Gasteiger partial charge >= 0.3 is 0 Å². The lowest BCUT2D eigenvalue weighted by molar-refractivity contribution is -0.121. The minimum absolute atomic E-state index is 0.0601. The lowest BCUT2D eigenvalue weighted by atomic mass is 9.99. The van der Waals surface area contributed by atoms with E-state index in [1.807, 2.05) is 26.0 Å². The van der Waals surface area contributed by atoms with E-state index in [4.69, 9.17) is 0 Å². The van der Waals surface area contributed by atoms with Crippen LogP contribution < -0.4 is 9.62 Å². The highest BCUT2D eigenvalue weighted by Gasteiger charge is 2.25. The Morgan fingerprint density at radius 3 is 2.58 bits per heavy atom. The number of fused-ring (bicyclic) bond motifs is 1. The fourth-order valence-electron chi connectivity index (χ4n) is 3.25. The Kier molecular flexibility index (Phi) is 5.05. The van der Waals surface area contributed by atoms with Gasteiger partial charge in [-0.15, -0.1) is 0 Å². The molecule has 5 nitrogen and oxygen atoms in total. The number of carbonyl (C=O) groups excluding carboxylic acids is 1. The van der Waals surface area contributed by atoms with Crippen molar-refractivity contribution in [2.75, 3.05) is 16.2 Å². The largest absolute Gasteiger partial charge is 0.312 e. The Balaban J connectivity index is 1.95. The van der Waals surface area contributed by atoms with Gasteiger partial charge in [0.25, 0.3) is 10.0 Å². The molecular formula is C20H24N2O3S. The second-order valence-corrected chi connectivity index (χ2v) is 8.61. The van der Waals surface area contributed by atoms with Crippen LogP contribution in [0.3, 0.4) is 0 Å². The average molecular weight is 372 g/mol. The molecule has 0 radical (unpaired) electrons. The molecule has 26 heavy (non-hydrogen) atoms. The Bertz CT molecular complexity index is 936. The summed E-state index contributed by atoms with van der Waals surface area (Å²) < 4.78 is 28.1.